The molecule has 7 nitrogen and oxygen atoms in total. The molecule has 0 saturated carbocycles. The summed E-state index contributed by atoms with van der Waals surface area (Å²) in [5.74, 6) is 0.421. The number of sulfonamides is 1. The molecule has 0 bridgehead atoms. The Morgan fingerprint density at radius 1 is 1.14 bits per heavy atom. The zero-order valence-electron chi connectivity index (χ0n) is 16.3. The van der Waals surface area contributed by atoms with Crippen LogP contribution in [0.25, 0.3) is 0 Å². The number of aliphatic hydroxyl groups is 1. The topological polar surface area (TPSA) is 108 Å². The predicted octanol–water partition coefficient (Wildman–Crippen LogP) is 1.35. The minimum absolute atomic E-state index is 0.0710. The highest BCUT2D eigenvalue weighted by molar-refractivity contribution is 7.89. The minimum Gasteiger partial charge on any atom is -0.396 e. The lowest BCUT2D eigenvalue weighted by atomic mass is 10.0. The third-order valence-electron chi connectivity index (χ3n) is 5.01. The fraction of sp³-hybridized carbons (Fsp3) is 0.381. The minimum atomic E-state index is -3.67. The second-order valence-electron chi connectivity index (χ2n) is 7.19. The van der Waals surface area contributed by atoms with Crippen molar-refractivity contribution in [3.05, 3.63) is 66.2 Å². The van der Waals surface area contributed by atoms with Gasteiger partial charge in [-0.3, -0.25) is 4.99 Å². The zero-order valence-corrected chi connectivity index (χ0v) is 17.1. The molecule has 2 aromatic carbocycles. The number of hydrogen-bond acceptors (Lipinski definition) is 6. The van der Waals surface area contributed by atoms with E-state index in [1.165, 1.54) is 0 Å². The van der Waals surface area contributed by atoms with Gasteiger partial charge in [-0.25, -0.2) is 13.1 Å². The largest absolute Gasteiger partial charge is 0.396 e. The van der Waals surface area contributed by atoms with E-state index in [-0.39, 0.29) is 23.6 Å². The van der Waals surface area contributed by atoms with Gasteiger partial charge in [0.25, 0.3) is 0 Å². The summed E-state index contributed by atoms with van der Waals surface area (Å²) in [6.45, 7) is 1.08. The van der Waals surface area contributed by atoms with Crippen LogP contribution in [0.15, 0.2) is 70.6 Å². The van der Waals surface area contributed by atoms with Gasteiger partial charge in [0.05, 0.1) is 17.5 Å². The monoisotopic (exact) mass is 416 g/mol. The number of nitrogens with two attached hydrogens (primary N) is 1. The molecule has 0 aliphatic carbocycles. The Morgan fingerprint density at radius 3 is 2.45 bits per heavy atom. The summed E-state index contributed by atoms with van der Waals surface area (Å²) in [5, 5.41) is 9.16. The Labute approximate surface area is 172 Å². The Kier molecular flexibility index (Phi) is 7.24. The molecule has 0 fully saturated rings. The summed E-state index contributed by atoms with van der Waals surface area (Å²) in [6, 6.07) is 17.8. The molecular weight excluding hydrogens is 388 g/mol. The molecule has 0 saturated heterocycles. The lowest BCUT2D eigenvalue weighted by Crippen LogP contribution is -2.50. The maximum atomic E-state index is 12.9. The van der Waals surface area contributed by atoms with Crippen LogP contribution in [-0.4, -0.2) is 56.2 Å². The first-order valence-electron chi connectivity index (χ1n) is 9.78. The van der Waals surface area contributed by atoms with Crippen molar-refractivity contribution < 1.29 is 13.5 Å². The van der Waals surface area contributed by atoms with Gasteiger partial charge in [-0.2, -0.15) is 0 Å². The molecule has 0 unspecified atom stereocenters. The van der Waals surface area contributed by atoms with Crippen molar-refractivity contribution >= 4 is 16.0 Å². The van der Waals surface area contributed by atoms with E-state index in [1.54, 1.807) is 30.3 Å². The highest BCUT2D eigenvalue weighted by Gasteiger charge is 2.30. The number of nitrogens with one attached hydrogen (secondary N) is 1. The van der Waals surface area contributed by atoms with Gasteiger partial charge >= 0.3 is 0 Å². The van der Waals surface area contributed by atoms with Gasteiger partial charge in [0.2, 0.25) is 10.0 Å². The molecule has 2 atom stereocenters. The van der Waals surface area contributed by atoms with Crippen LogP contribution >= 0.6 is 0 Å². The van der Waals surface area contributed by atoms with Crippen molar-refractivity contribution in [3.63, 3.8) is 0 Å². The van der Waals surface area contributed by atoms with Gasteiger partial charge in [-0.15, -0.1) is 0 Å². The second kappa shape index (κ2) is 9.87. The maximum Gasteiger partial charge on any atom is 0.240 e. The van der Waals surface area contributed by atoms with Gasteiger partial charge in [-0.1, -0.05) is 48.5 Å². The van der Waals surface area contributed by atoms with Crippen molar-refractivity contribution in [1.29, 1.82) is 0 Å². The van der Waals surface area contributed by atoms with Crippen LogP contribution in [0, 0.1) is 0 Å². The Balaban J connectivity index is 1.80. The molecule has 0 amide bonds. The van der Waals surface area contributed by atoms with Crippen LogP contribution in [0.1, 0.15) is 18.4 Å². The molecule has 8 heteroatoms. The van der Waals surface area contributed by atoms with E-state index >= 15 is 0 Å². The average Bonchev–Trinajstić information content (AvgIpc) is 3.07. The van der Waals surface area contributed by atoms with Gasteiger partial charge in [0.1, 0.15) is 0 Å². The van der Waals surface area contributed by atoms with Crippen molar-refractivity contribution in [2.45, 2.75) is 36.2 Å². The molecule has 1 aliphatic rings. The SMILES string of the molecule is NC1=NC[C@H](CCCO)N1C[C@H](Cc1ccccc1)NS(=O)(=O)c1ccccc1. The highest BCUT2D eigenvalue weighted by Crippen LogP contribution is 2.17. The number of aliphatic hydroxyl groups excluding tert-OH is 1. The zero-order chi connectivity index (χ0) is 20.7. The Hall–Kier alpha value is -2.42. The van der Waals surface area contributed by atoms with E-state index in [0.29, 0.717) is 31.9 Å². The summed E-state index contributed by atoms with van der Waals surface area (Å²) >= 11 is 0. The molecule has 3 rings (SSSR count). The van der Waals surface area contributed by atoms with Crippen molar-refractivity contribution in [3.8, 4) is 0 Å². The molecule has 0 radical (unpaired) electrons. The summed E-state index contributed by atoms with van der Waals surface area (Å²) < 4.78 is 28.7. The number of nitrogens with zero attached hydrogens (tertiary/aromatic N) is 2. The fourth-order valence-corrected chi connectivity index (χ4v) is 4.81. The van der Waals surface area contributed by atoms with E-state index in [2.05, 4.69) is 9.71 Å². The van der Waals surface area contributed by atoms with E-state index in [1.807, 2.05) is 35.2 Å². The van der Waals surface area contributed by atoms with Crippen LogP contribution in [0.5, 0.6) is 0 Å². The normalized spacial score (nSPS) is 17.9. The predicted molar refractivity (Wildman–Crippen MR) is 114 cm³/mol. The molecule has 156 valence electrons. The third kappa shape index (κ3) is 5.79. The molecule has 0 aromatic heterocycles. The van der Waals surface area contributed by atoms with Gasteiger partial charge < -0.3 is 15.7 Å². The summed E-state index contributed by atoms with van der Waals surface area (Å²) in [5.41, 5.74) is 7.13. The first-order chi connectivity index (χ1) is 14.0. The van der Waals surface area contributed by atoms with E-state index in [9.17, 15) is 8.42 Å². The molecule has 2 aromatic rings. The Morgan fingerprint density at radius 2 is 1.79 bits per heavy atom. The van der Waals surface area contributed by atoms with Crippen LogP contribution < -0.4 is 10.5 Å². The van der Waals surface area contributed by atoms with Gasteiger partial charge in [0, 0.05) is 19.2 Å². The van der Waals surface area contributed by atoms with Gasteiger partial charge in [0.15, 0.2) is 5.96 Å². The van der Waals surface area contributed by atoms with Gasteiger partial charge in [-0.05, 0) is 37.0 Å². The summed E-state index contributed by atoms with van der Waals surface area (Å²) in [7, 11) is -3.67. The molecular formula is C21H28N4O3S. The average molecular weight is 417 g/mol. The lowest BCUT2D eigenvalue weighted by molar-refractivity contribution is 0.246. The maximum absolute atomic E-state index is 12.9. The van der Waals surface area contributed by atoms with Crippen LogP contribution in [-0.2, 0) is 16.4 Å². The Bertz CT molecular complexity index is 904. The number of aliphatic imine (C=N–C) groups is 1. The molecule has 4 N–H and O–H groups in total. The standard InChI is InChI=1S/C21H28N4O3S/c22-21-23-15-19(10-7-13-26)25(21)16-18(14-17-8-3-1-4-9-17)24-29(27,28)20-11-5-2-6-12-20/h1-6,8-9,11-12,18-19,24,26H,7,10,13-16H2,(H2,22,23)/t18-,19-/m0/s1. The summed E-state index contributed by atoms with van der Waals surface area (Å²) in [6.07, 6.45) is 1.94. The quantitative estimate of drug-likeness (QED) is 0.542. The first kappa shape index (κ1) is 21.3. The second-order valence-corrected chi connectivity index (χ2v) is 8.91. The number of hydrogen-bond donors (Lipinski definition) is 3. The van der Waals surface area contributed by atoms with Crippen LogP contribution in [0.4, 0.5) is 0 Å². The van der Waals surface area contributed by atoms with E-state index in [4.69, 9.17) is 10.8 Å². The van der Waals surface area contributed by atoms with E-state index in [0.717, 1.165) is 12.0 Å². The number of benzene rings is 2. The van der Waals surface area contributed by atoms with Crippen LogP contribution in [0.2, 0.25) is 0 Å². The molecule has 1 heterocycles. The van der Waals surface area contributed by atoms with Crippen molar-refractivity contribution in [2.24, 2.45) is 10.7 Å². The lowest BCUT2D eigenvalue weighted by Gasteiger charge is -2.31. The fourth-order valence-electron chi connectivity index (χ4n) is 3.56. The first-order valence-corrected chi connectivity index (χ1v) is 11.3. The molecule has 0 spiro atoms. The summed E-state index contributed by atoms with van der Waals surface area (Å²) in [4.78, 5) is 6.52. The van der Waals surface area contributed by atoms with Crippen molar-refractivity contribution in [2.75, 3.05) is 19.7 Å². The third-order valence-corrected chi connectivity index (χ3v) is 6.55. The molecule has 1 aliphatic heterocycles. The molecule has 29 heavy (non-hydrogen) atoms. The number of guanidine groups is 1. The number of rotatable bonds is 10. The van der Waals surface area contributed by atoms with Crippen molar-refractivity contribution in [1.82, 2.24) is 9.62 Å². The highest BCUT2D eigenvalue weighted by atomic mass is 32.2. The van der Waals surface area contributed by atoms with E-state index < -0.39 is 10.0 Å². The van der Waals surface area contributed by atoms with Crippen LogP contribution in [0.3, 0.4) is 0 Å². The smallest absolute Gasteiger partial charge is 0.240 e.